The van der Waals surface area contributed by atoms with Crippen LogP contribution in [0.25, 0.3) is 0 Å². The van der Waals surface area contributed by atoms with Crippen LogP contribution in [0.2, 0.25) is 0 Å². The van der Waals surface area contributed by atoms with Gasteiger partial charge in [-0.05, 0) is 42.5 Å². The molecule has 0 fully saturated rings. The molecule has 0 unspecified atom stereocenters. The lowest BCUT2D eigenvalue weighted by Gasteiger charge is -2.08. The third-order valence-corrected chi connectivity index (χ3v) is 3.32. The maximum atomic E-state index is 11.9. The molecule has 0 aromatic heterocycles. The third-order valence-electron chi connectivity index (χ3n) is 2.82. The summed E-state index contributed by atoms with van der Waals surface area (Å²) in [5.41, 5.74) is 1.05. The van der Waals surface area contributed by atoms with Crippen LogP contribution in [-0.4, -0.2) is 25.1 Å². The van der Waals surface area contributed by atoms with Crippen LogP contribution in [0.5, 0.6) is 5.75 Å². The van der Waals surface area contributed by atoms with Gasteiger partial charge in [0.15, 0.2) is 0 Å². The molecule has 0 heterocycles. The van der Waals surface area contributed by atoms with Crippen molar-refractivity contribution in [3.05, 3.63) is 58.6 Å². The van der Waals surface area contributed by atoms with Crippen LogP contribution in [0.3, 0.4) is 0 Å². The average molecular weight is 378 g/mol. The SMILES string of the molecule is CC(=O)Nc1ccc(C(=O)OCCOc2cccc(Br)c2)cc1. The van der Waals surface area contributed by atoms with Gasteiger partial charge in [0.2, 0.25) is 5.91 Å². The van der Waals surface area contributed by atoms with Crippen LogP contribution in [-0.2, 0) is 9.53 Å². The van der Waals surface area contributed by atoms with Gasteiger partial charge < -0.3 is 14.8 Å². The zero-order chi connectivity index (χ0) is 16.7. The molecule has 0 saturated heterocycles. The van der Waals surface area contributed by atoms with E-state index in [1.165, 1.54) is 6.92 Å². The average Bonchev–Trinajstić information content (AvgIpc) is 2.51. The summed E-state index contributed by atoms with van der Waals surface area (Å²) < 4.78 is 11.5. The number of hydrogen-bond donors (Lipinski definition) is 1. The lowest BCUT2D eigenvalue weighted by molar-refractivity contribution is -0.114. The minimum atomic E-state index is -0.433. The Kier molecular flexibility index (Phi) is 6.17. The first-order chi connectivity index (χ1) is 11.0. The minimum absolute atomic E-state index is 0.152. The van der Waals surface area contributed by atoms with E-state index in [4.69, 9.17) is 9.47 Å². The van der Waals surface area contributed by atoms with E-state index in [1.807, 2.05) is 24.3 Å². The van der Waals surface area contributed by atoms with E-state index in [9.17, 15) is 9.59 Å². The number of carbonyl (C=O) groups excluding carboxylic acids is 2. The highest BCUT2D eigenvalue weighted by molar-refractivity contribution is 9.10. The van der Waals surface area contributed by atoms with Gasteiger partial charge in [-0.15, -0.1) is 0 Å². The fourth-order valence-electron chi connectivity index (χ4n) is 1.83. The van der Waals surface area contributed by atoms with E-state index in [2.05, 4.69) is 21.2 Å². The van der Waals surface area contributed by atoms with Crippen molar-refractivity contribution in [2.24, 2.45) is 0 Å². The monoisotopic (exact) mass is 377 g/mol. The van der Waals surface area contributed by atoms with E-state index in [1.54, 1.807) is 24.3 Å². The Morgan fingerprint density at radius 3 is 2.48 bits per heavy atom. The smallest absolute Gasteiger partial charge is 0.338 e. The van der Waals surface area contributed by atoms with Gasteiger partial charge in [0.25, 0.3) is 0 Å². The zero-order valence-corrected chi connectivity index (χ0v) is 14.1. The Balaban J connectivity index is 1.77. The van der Waals surface area contributed by atoms with Gasteiger partial charge in [0, 0.05) is 17.1 Å². The summed E-state index contributed by atoms with van der Waals surface area (Å²) in [4.78, 5) is 22.8. The van der Waals surface area contributed by atoms with Crippen molar-refractivity contribution in [2.45, 2.75) is 6.92 Å². The van der Waals surface area contributed by atoms with Gasteiger partial charge in [-0.1, -0.05) is 22.0 Å². The summed E-state index contributed by atoms with van der Waals surface area (Å²) in [7, 11) is 0. The van der Waals surface area contributed by atoms with Gasteiger partial charge in [-0.3, -0.25) is 4.79 Å². The fraction of sp³-hybridized carbons (Fsp3) is 0.176. The number of halogens is 1. The largest absolute Gasteiger partial charge is 0.490 e. The number of amides is 1. The Morgan fingerprint density at radius 2 is 1.83 bits per heavy atom. The van der Waals surface area contributed by atoms with Gasteiger partial charge in [-0.25, -0.2) is 4.79 Å². The highest BCUT2D eigenvalue weighted by Gasteiger charge is 2.07. The molecule has 1 N–H and O–H groups in total. The van der Waals surface area contributed by atoms with E-state index < -0.39 is 5.97 Å². The van der Waals surface area contributed by atoms with Gasteiger partial charge >= 0.3 is 5.97 Å². The quantitative estimate of drug-likeness (QED) is 0.616. The molecule has 0 radical (unpaired) electrons. The Labute approximate surface area is 142 Å². The predicted octanol–water partition coefficient (Wildman–Crippen LogP) is 3.64. The molecule has 2 aromatic rings. The van der Waals surface area contributed by atoms with Crippen molar-refractivity contribution in [3.63, 3.8) is 0 Å². The predicted molar refractivity (Wildman–Crippen MR) is 90.7 cm³/mol. The number of anilines is 1. The topological polar surface area (TPSA) is 64.6 Å². The molecule has 0 saturated carbocycles. The summed E-state index contributed by atoms with van der Waals surface area (Å²) in [6.45, 7) is 1.85. The Morgan fingerprint density at radius 1 is 1.09 bits per heavy atom. The van der Waals surface area contributed by atoms with Crippen molar-refractivity contribution < 1.29 is 19.1 Å². The number of nitrogens with one attached hydrogen (secondary N) is 1. The number of hydrogen-bond acceptors (Lipinski definition) is 4. The Hall–Kier alpha value is -2.34. The molecule has 5 nitrogen and oxygen atoms in total. The first kappa shape index (κ1) is 17.0. The molecule has 0 aliphatic rings. The fourth-order valence-corrected chi connectivity index (χ4v) is 2.21. The van der Waals surface area contributed by atoms with E-state index in [0.29, 0.717) is 17.0 Å². The van der Waals surface area contributed by atoms with E-state index in [0.717, 1.165) is 4.47 Å². The van der Waals surface area contributed by atoms with Gasteiger partial charge in [0.05, 0.1) is 5.56 Å². The maximum Gasteiger partial charge on any atom is 0.338 e. The first-order valence-electron chi connectivity index (χ1n) is 6.98. The lowest BCUT2D eigenvalue weighted by Crippen LogP contribution is -2.12. The van der Waals surface area contributed by atoms with Crippen LogP contribution >= 0.6 is 15.9 Å². The normalized spacial score (nSPS) is 10.0. The third kappa shape index (κ3) is 5.75. The lowest BCUT2D eigenvalue weighted by atomic mass is 10.2. The summed E-state index contributed by atoms with van der Waals surface area (Å²) >= 11 is 3.35. The number of rotatable bonds is 6. The number of esters is 1. The minimum Gasteiger partial charge on any atom is -0.490 e. The number of carbonyl (C=O) groups is 2. The van der Waals surface area contributed by atoms with E-state index >= 15 is 0 Å². The number of benzene rings is 2. The molecule has 6 heteroatoms. The highest BCUT2D eigenvalue weighted by atomic mass is 79.9. The van der Waals surface area contributed by atoms with Crippen LogP contribution in [0.4, 0.5) is 5.69 Å². The zero-order valence-electron chi connectivity index (χ0n) is 12.5. The highest BCUT2D eigenvalue weighted by Crippen LogP contribution is 2.17. The van der Waals surface area contributed by atoms with Crippen molar-refractivity contribution >= 4 is 33.5 Å². The second kappa shape index (κ2) is 8.33. The van der Waals surface area contributed by atoms with Crippen LogP contribution in [0, 0.1) is 0 Å². The molecule has 0 aliphatic carbocycles. The van der Waals surface area contributed by atoms with Crippen LogP contribution in [0.1, 0.15) is 17.3 Å². The van der Waals surface area contributed by atoms with Crippen LogP contribution < -0.4 is 10.1 Å². The first-order valence-corrected chi connectivity index (χ1v) is 7.77. The molecule has 0 atom stereocenters. The maximum absolute atomic E-state index is 11.9. The molecule has 23 heavy (non-hydrogen) atoms. The summed E-state index contributed by atoms with van der Waals surface area (Å²) in [5.74, 6) is 0.109. The van der Waals surface area contributed by atoms with Gasteiger partial charge in [-0.2, -0.15) is 0 Å². The molecule has 120 valence electrons. The molecule has 2 aromatic carbocycles. The van der Waals surface area contributed by atoms with Crippen LogP contribution in [0.15, 0.2) is 53.0 Å². The van der Waals surface area contributed by atoms with Crippen molar-refractivity contribution in [3.8, 4) is 5.75 Å². The summed E-state index contributed by atoms with van der Waals surface area (Å²) in [6.07, 6.45) is 0. The van der Waals surface area contributed by atoms with Crippen molar-refractivity contribution in [2.75, 3.05) is 18.5 Å². The molecular formula is C17H16BrNO4. The Bertz CT molecular complexity index is 685. The van der Waals surface area contributed by atoms with E-state index in [-0.39, 0.29) is 19.1 Å². The number of ether oxygens (including phenoxy) is 2. The molecule has 1 amide bonds. The van der Waals surface area contributed by atoms with Gasteiger partial charge in [0.1, 0.15) is 19.0 Å². The molecular weight excluding hydrogens is 362 g/mol. The molecule has 0 aliphatic heterocycles. The van der Waals surface area contributed by atoms with Crippen molar-refractivity contribution in [1.29, 1.82) is 0 Å². The second-order valence-electron chi connectivity index (χ2n) is 4.70. The summed E-state index contributed by atoms with van der Waals surface area (Å²) in [6, 6.07) is 13.9. The molecule has 0 bridgehead atoms. The second-order valence-corrected chi connectivity index (χ2v) is 5.62. The van der Waals surface area contributed by atoms with Crippen molar-refractivity contribution in [1.82, 2.24) is 0 Å². The summed E-state index contributed by atoms with van der Waals surface area (Å²) in [5, 5.41) is 2.63. The standard InChI is InChI=1S/C17H16BrNO4/c1-12(20)19-15-7-5-13(6-8-15)17(21)23-10-9-22-16-4-2-3-14(18)11-16/h2-8,11H,9-10H2,1H3,(H,19,20). The molecule has 0 spiro atoms. The molecule has 2 rings (SSSR count).